The third kappa shape index (κ3) is 5.10. The summed E-state index contributed by atoms with van der Waals surface area (Å²) in [5, 5.41) is 2.69. The second-order valence-corrected chi connectivity index (χ2v) is 6.05. The number of aromatic nitrogens is 4. The maximum absolute atomic E-state index is 12.0. The van der Waals surface area contributed by atoms with Gasteiger partial charge in [0.1, 0.15) is 6.54 Å². The zero-order valence-electron chi connectivity index (χ0n) is 14.7. The van der Waals surface area contributed by atoms with Crippen LogP contribution in [0.1, 0.15) is 38.1 Å². The van der Waals surface area contributed by atoms with E-state index in [2.05, 4.69) is 15.3 Å². The van der Waals surface area contributed by atoms with Crippen molar-refractivity contribution < 1.29 is 4.79 Å². The van der Waals surface area contributed by atoms with Gasteiger partial charge in [0.2, 0.25) is 5.91 Å². The lowest BCUT2D eigenvalue weighted by atomic mass is 10.1. The van der Waals surface area contributed by atoms with E-state index in [0.717, 1.165) is 5.69 Å². The summed E-state index contributed by atoms with van der Waals surface area (Å²) in [6.07, 6.45) is 3.56. The summed E-state index contributed by atoms with van der Waals surface area (Å²) in [6, 6.07) is 2.93. The molecule has 2 rings (SSSR count). The minimum Gasteiger partial charge on any atom is -0.353 e. The number of aryl methyl sites for hydroxylation is 1. The quantitative estimate of drug-likeness (QED) is 0.778. The van der Waals surface area contributed by atoms with Crippen LogP contribution in [-0.4, -0.2) is 31.6 Å². The van der Waals surface area contributed by atoms with Gasteiger partial charge in [-0.15, -0.1) is 0 Å². The van der Waals surface area contributed by atoms with Crippen molar-refractivity contribution in [1.82, 2.24) is 24.4 Å². The Balaban J connectivity index is 1.89. The summed E-state index contributed by atoms with van der Waals surface area (Å²) in [7, 11) is 0. The first-order chi connectivity index (χ1) is 11.9. The highest BCUT2D eigenvalue weighted by atomic mass is 16.2. The summed E-state index contributed by atoms with van der Waals surface area (Å²) in [6.45, 7) is 6.31. The first-order valence-corrected chi connectivity index (χ1v) is 8.29. The van der Waals surface area contributed by atoms with Crippen LogP contribution in [0.15, 0.2) is 34.4 Å². The monoisotopic (exact) mass is 345 g/mol. The van der Waals surface area contributed by atoms with Crippen molar-refractivity contribution in [2.24, 2.45) is 0 Å². The van der Waals surface area contributed by atoms with Gasteiger partial charge in [0, 0.05) is 30.9 Å². The lowest BCUT2D eigenvalue weighted by Crippen LogP contribution is -2.35. The molecule has 25 heavy (non-hydrogen) atoms. The van der Waals surface area contributed by atoms with E-state index in [1.54, 1.807) is 0 Å². The van der Waals surface area contributed by atoms with E-state index in [9.17, 15) is 14.4 Å². The number of nitrogens with zero attached hydrogens (tertiary/aromatic N) is 4. The van der Waals surface area contributed by atoms with Crippen LogP contribution in [0.2, 0.25) is 0 Å². The molecule has 0 saturated carbocycles. The number of hydrogen-bond donors (Lipinski definition) is 1. The Morgan fingerprint density at radius 2 is 1.80 bits per heavy atom. The molecule has 0 spiro atoms. The van der Waals surface area contributed by atoms with Gasteiger partial charge in [0.25, 0.3) is 11.1 Å². The Morgan fingerprint density at radius 3 is 2.40 bits per heavy atom. The highest BCUT2D eigenvalue weighted by Crippen LogP contribution is 2.06. The first kappa shape index (κ1) is 18.6. The van der Waals surface area contributed by atoms with Crippen molar-refractivity contribution in [3.8, 4) is 0 Å². The molecule has 0 saturated heterocycles. The standard InChI is InChI=1S/C17H23N5O3/c1-4-13-7-16(24)21(10-19-13)6-5-18-15(23)9-22-11-20-14(12(2)3)8-17(22)25/h7-8,10-12H,4-6,9H2,1-3H3,(H,18,23). The van der Waals surface area contributed by atoms with Gasteiger partial charge in [0.05, 0.1) is 18.3 Å². The van der Waals surface area contributed by atoms with E-state index in [-0.39, 0.29) is 36.0 Å². The fraction of sp³-hybridized carbons (Fsp3) is 0.471. The smallest absolute Gasteiger partial charge is 0.254 e. The largest absolute Gasteiger partial charge is 0.353 e. The molecular formula is C17H23N5O3. The molecule has 134 valence electrons. The fourth-order valence-corrected chi connectivity index (χ4v) is 2.23. The van der Waals surface area contributed by atoms with Crippen molar-refractivity contribution in [2.45, 2.75) is 46.2 Å². The van der Waals surface area contributed by atoms with Crippen molar-refractivity contribution >= 4 is 5.91 Å². The van der Waals surface area contributed by atoms with Gasteiger partial charge >= 0.3 is 0 Å². The van der Waals surface area contributed by atoms with Gasteiger partial charge in [-0.25, -0.2) is 9.97 Å². The van der Waals surface area contributed by atoms with E-state index >= 15 is 0 Å². The molecule has 8 heteroatoms. The van der Waals surface area contributed by atoms with Gasteiger partial charge < -0.3 is 5.32 Å². The molecule has 0 aliphatic rings. The summed E-state index contributed by atoms with van der Waals surface area (Å²) in [5.41, 5.74) is 1.03. The molecule has 2 heterocycles. The van der Waals surface area contributed by atoms with Crippen molar-refractivity contribution in [1.29, 1.82) is 0 Å². The number of rotatable bonds is 7. The fourth-order valence-electron chi connectivity index (χ4n) is 2.23. The zero-order valence-corrected chi connectivity index (χ0v) is 14.7. The molecule has 0 aliphatic heterocycles. The van der Waals surface area contributed by atoms with Crippen LogP contribution in [0.25, 0.3) is 0 Å². The lowest BCUT2D eigenvalue weighted by Gasteiger charge is -2.10. The van der Waals surface area contributed by atoms with E-state index in [1.807, 2.05) is 20.8 Å². The molecule has 0 bridgehead atoms. The zero-order chi connectivity index (χ0) is 18.4. The normalized spacial score (nSPS) is 10.9. The second-order valence-electron chi connectivity index (χ2n) is 6.05. The molecule has 0 radical (unpaired) electrons. The predicted octanol–water partition coefficient (Wildman–Crippen LogP) is 0.302. The van der Waals surface area contributed by atoms with E-state index in [1.165, 1.54) is 33.9 Å². The van der Waals surface area contributed by atoms with Gasteiger partial charge in [0.15, 0.2) is 0 Å². The van der Waals surface area contributed by atoms with Gasteiger partial charge in [-0.2, -0.15) is 0 Å². The molecule has 0 unspecified atom stereocenters. The Morgan fingerprint density at radius 1 is 1.12 bits per heavy atom. The summed E-state index contributed by atoms with van der Waals surface area (Å²) >= 11 is 0. The van der Waals surface area contributed by atoms with Crippen LogP contribution in [-0.2, 0) is 24.3 Å². The lowest BCUT2D eigenvalue weighted by molar-refractivity contribution is -0.121. The van der Waals surface area contributed by atoms with Gasteiger partial charge in [-0.05, 0) is 12.3 Å². The van der Waals surface area contributed by atoms with Crippen LogP contribution < -0.4 is 16.4 Å². The molecule has 0 atom stereocenters. The minimum atomic E-state index is -0.313. The van der Waals surface area contributed by atoms with Crippen LogP contribution in [0, 0.1) is 0 Å². The average Bonchev–Trinajstić information content (AvgIpc) is 2.57. The summed E-state index contributed by atoms with van der Waals surface area (Å²) in [4.78, 5) is 44.1. The number of carbonyl (C=O) groups is 1. The molecule has 1 amide bonds. The van der Waals surface area contributed by atoms with Crippen LogP contribution >= 0.6 is 0 Å². The van der Waals surface area contributed by atoms with Crippen molar-refractivity contribution in [2.75, 3.05) is 6.54 Å². The minimum absolute atomic E-state index is 0.105. The van der Waals surface area contributed by atoms with Crippen LogP contribution in [0.4, 0.5) is 0 Å². The third-order valence-electron chi connectivity index (χ3n) is 3.78. The van der Waals surface area contributed by atoms with Crippen LogP contribution in [0.5, 0.6) is 0 Å². The molecule has 1 N–H and O–H groups in total. The highest BCUT2D eigenvalue weighted by molar-refractivity contribution is 5.75. The molecule has 0 aliphatic carbocycles. The molecule has 0 fully saturated rings. The molecule has 0 aromatic carbocycles. The van der Waals surface area contributed by atoms with Crippen molar-refractivity contribution in [3.63, 3.8) is 0 Å². The SMILES string of the molecule is CCc1cc(=O)n(CCNC(=O)Cn2cnc(C(C)C)cc2=O)cn1. The number of carbonyl (C=O) groups excluding carboxylic acids is 1. The molecule has 2 aromatic heterocycles. The number of amides is 1. The first-order valence-electron chi connectivity index (χ1n) is 8.29. The maximum Gasteiger partial charge on any atom is 0.254 e. The average molecular weight is 345 g/mol. The van der Waals surface area contributed by atoms with E-state index < -0.39 is 0 Å². The maximum atomic E-state index is 12.0. The van der Waals surface area contributed by atoms with E-state index in [0.29, 0.717) is 18.7 Å². The van der Waals surface area contributed by atoms with E-state index in [4.69, 9.17) is 0 Å². The van der Waals surface area contributed by atoms with Gasteiger partial charge in [-0.3, -0.25) is 23.5 Å². The Labute approximate surface area is 145 Å². The molecule has 2 aromatic rings. The second kappa shape index (κ2) is 8.36. The number of hydrogen-bond acceptors (Lipinski definition) is 5. The third-order valence-corrected chi connectivity index (χ3v) is 3.78. The summed E-state index contributed by atoms with van der Waals surface area (Å²) < 4.78 is 2.69. The molecular weight excluding hydrogens is 322 g/mol. The Kier molecular flexibility index (Phi) is 6.21. The topological polar surface area (TPSA) is 98.9 Å². The van der Waals surface area contributed by atoms with Crippen LogP contribution in [0.3, 0.4) is 0 Å². The Hall–Kier alpha value is -2.77. The number of nitrogens with one attached hydrogen (secondary N) is 1. The van der Waals surface area contributed by atoms with Gasteiger partial charge in [-0.1, -0.05) is 20.8 Å². The van der Waals surface area contributed by atoms with Crippen molar-refractivity contribution in [3.05, 3.63) is 56.9 Å². The summed E-state index contributed by atoms with van der Waals surface area (Å²) in [5.74, 6) is -0.158. The Bertz CT molecular complexity index is 854. The highest BCUT2D eigenvalue weighted by Gasteiger charge is 2.08. The predicted molar refractivity (Wildman–Crippen MR) is 93.5 cm³/mol. The molecule has 8 nitrogen and oxygen atoms in total.